The van der Waals surface area contributed by atoms with Gasteiger partial charge < -0.3 is 19.5 Å². The topological polar surface area (TPSA) is 43.0 Å². The monoisotopic (exact) mass is 380 g/mol. The molecular formula is C20H29ClN2O3. The molecule has 0 amide bonds. The number of terminal acetylenes is 1. The molecule has 0 radical (unpaired) electrons. The van der Waals surface area contributed by atoms with Gasteiger partial charge >= 0.3 is 0 Å². The Kier molecular flexibility index (Phi) is 8.53. The van der Waals surface area contributed by atoms with Crippen molar-refractivity contribution in [1.29, 1.82) is 0 Å². The molecule has 5 nitrogen and oxygen atoms in total. The van der Waals surface area contributed by atoms with Gasteiger partial charge in [-0.05, 0) is 23.6 Å². The van der Waals surface area contributed by atoms with Crippen molar-refractivity contribution in [3.63, 3.8) is 0 Å². The lowest BCUT2D eigenvalue weighted by molar-refractivity contribution is -0.0303. The maximum Gasteiger partial charge on any atom is 0.181 e. The molecular weight excluding hydrogens is 352 g/mol. The highest BCUT2D eigenvalue weighted by Gasteiger charge is 2.20. The Hall–Kier alpha value is -1.45. The van der Waals surface area contributed by atoms with Crippen LogP contribution in [0.5, 0.6) is 11.5 Å². The number of benzene rings is 1. The van der Waals surface area contributed by atoms with E-state index in [0.29, 0.717) is 29.0 Å². The number of halogens is 1. The quantitative estimate of drug-likeness (QED) is 0.667. The SMILES string of the molecule is C#CCOc1c(Cl)cc(CNC[C@H]2CN(CC(C)C)CCO2)cc1OC. The first kappa shape index (κ1) is 20.9. The number of ether oxygens (including phenoxy) is 3. The van der Waals surface area contributed by atoms with Gasteiger partial charge in [-0.2, -0.15) is 0 Å². The van der Waals surface area contributed by atoms with E-state index >= 15 is 0 Å². The summed E-state index contributed by atoms with van der Waals surface area (Å²) in [6.07, 6.45) is 5.44. The van der Waals surface area contributed by atoms with Crippen molar-refractivity contribution >= 4 is 11.6 Å². The van der Waals surface area contributed by atoms with Gasteiger partial charge in [0.1, 0.15) is 6.61 Å². The standard InChI is InChI=1S/C20H29ClN2O3/c1-5-7-26-20-18(21)9-16(10-19(20)24-4)11-22-12-17-14-23(6-8-25-17)13-15(2)3/h1,9-10,15,17,22H,6-8,11-14H2,2-4H3/t17-/m0/s1. The molecule has 1 aliphatic rings. The molecule has 0 saturated carbocycles. The first-order valence-corrected chi connectivity index (χ1v) is 9.38. The number of nitrogens with one attached hydrogen (secondary N) is 1. The summed E-state index contributed by atoms with van der Waals surface area (Å²) in [6.45, 7) is 10.0. The van der Waals surface area contributed by atoms with Crippen LogP contribution in [0.25, 0.3) is 0 Å². The molecule has 6 heteroatoms. The van der Waals surface area contributed by atoms with Crippen LogP contribution in [0.4, 0.5) is 0 Å². The largest absolute Gasteiger partial charge is 0.493 e. The van der Waals surface area contributed by atoms with Crippen LogP contribution in [0, 0.1) is 18.3 Å². The second kappa shape index (κ2) is 10.6. The highest BCUT2D eigenvalue weighted by molar-refractivity contribution is 6.32. The van der Waals surface area contributed by atoms with Crippen LogP contribution in [0.3, 0.4) is 0 Å². The Morgan fingerprint density at radius 1 is 1.46 bits per heavy atom. The van der Waals surface area contributed by atoms with Crippen LogP contribution in [0.15, 0.2) is 12.1 Å². The molecule has 0 spiro atoms. The third-order valence-corrected chi connectivity index (χ3v) is 4.42. The van der Waals surface area contributed by atoms with E-state index in [0.717, 1.165) is 38.3 Å². The van der Waals surface area contributed by atoms with Crippen molar-refractivity contribution in [2.45, 2.75) is 26.5 Å². The maximum atomic E-state index is 6.31. The van der Waals surface area contributed by atoms with Gasteiger partial charge in [0.15, 0.2) is 11.5 Å². The lowest BCUT2D eigenvalue weighted by Gasteiger charge is -2.34. The van der Waals surface area contributed by atoms with Crippen molar-refractivity contribution < 1.29 is 14.2 Å². The van der Waals surface area contributed by atoms with Gasteiger partial charge in [0.25, 0.3) is 0 Å². The molecule has 0 aliphatic carbocycles. The second-order valence-electron chi connectivity index (χ2n) is 6.88. The van der Waals surface area contributed by atoms with E-state index in [1.807, 2.05) is 12.1 Å². The van der Waals surface area contributed by atoms with Crippen molar-refractivity contribution in [1.82, 2.24) is 10.2 Å². The molecule has 26 heavy (non-hydrogen) atoms. The molecule has 1 heterocycles. The number of rotatable bonds is 9. The summed E-state index contributed by atoms with van der Waals surface area (Å²) in [7, 11) is 1.59. The number of hydrogen-bond acceptors (Lipinski definition) is 5. The Morgan fingerprint density at radius 3 is 2.96 bits per heavy atom. The van der Waals surface area contributed by atoms with Crippen LogP contribution in [-0.2, 0) is 11.3 Å². The normalized spacial score (nSPS) is 17.9. The summed E-state index contributed by atoms with van der Waals surface area (Å²) >= 11 is 6.31. The smallest absolute Gasteiger partial charge is 0.181 e. The molecule has 0 bridgehead atoms. The van der Waals surface area contributed by atoms with Crippen molar-refractivity contribution in [2.24, 2.45) is 5.92 Å². The maximum absolute atomic E-state index is 6.31. The first-order valence-electron chi connectivity index (χ1n) is 9.00. The Balaban J connectivity index is 1.87. The van der Waals surface area contributed by atoms with Crippen LogP contribution in [-0.4, -0.2) is 57.5 Å². The van der Waals surface area contributed by atoms with Gasteiger partial charge in [0, 0.05) is 32.7 Å². The summed E-state index contributed by atoms with van der Waals surface area (Å²) in [4.78, 5) is 2.47. The van der Waals surface area contributed by atoms with Crippen LogP contribution >= 0.6 is 11.6 Å². The summed E-state index contributed by atoms with van der Waals surface area (Å²) in [5, 5.41) is 3.94. The average Bonchev–Trinajstić information content (AvgIpc) is 2.60. The zero-order valence-corrected chi connectivity index (χ0v) is 16.6. The lowest BCUT2D eigenvalue weighted by atomic mass is 10.1. The summed E-state index contributed by atoms with van der Waals surface area (Å²) in [5.41, 5.74) is 1.02. The molecule has 1 aliphatic heterocycles. The van der Waals surface area contributed by atoms with Crippen LogP contribution in [0.1, 0.15) is 19.4 Å². The Labute approximate surface area is 161 Å². The predicted molar refractivity (Wildman–Crippen MR) is 105 cm³/mol. The fraction of sp³-hybridized carbons (Fsp3) is 0.600. The van der Waals surface area contributed by atoms with E-state index in [9.17, 15) is 0 Å². The van der Waals surface area contributed by atoms with E-state index in [2.05, 4.69) is 30.0 Å². The number of hydrogen-bond donors (Lipinski definition) is 1. The van der Waals surface area contributed by atoms with E-state index in [4.69, 9.17) is 32.2 Å². The van der Waals surface area contributed by atoms with Gasteiger partial charge in [-0.3, -0.25) is 4.90 Å². The fourth-order valence-corrected chi connectivity index (χ4v) is 3.38. The Morgan fingerprint density at radius 2 is 2.27 bits per heavy atom. The van der Waals surface area contributed by atoms with E-state index in [1.54, 1.807) is 7.11 Å². The van der Waals surface area contributed by atoms with Crippen molar-refractivity contribution in [2.75, 3.05) is 46.5 Å². The molecule has 1 saturated heterocycles. The first-order chi connectivity index (χ1) is 12.5. The Bertz CT molecular complexity index is 616. The number of methoxy groups -OCH3 is 1. The molecule has 1 atom stereocenters. The van der Waals surface area contributed by atoms with E-state index in [-0.39, 0.29) is 12.7 Å². The van der Waals surface area contributed by atoms with Crippen LogP contribution in [0.2, 0.25) is 5.02 Å². The molecule has 2 rings (SSSR count). The van der Waals surface area contributed by atoms with Gasteiger partial charge in [-0.25, -0.2) is 0 Å². The van der Waals surface area contributed by atoms with E-state index in [1.165, 1.54) is 0 Å². The predicted octanol–water partition coefficient (Wildman–Crippen LogP) is 2.81. The van der Waals surface area contributed by atoms with Gasteiger partial charge in [0.2, 0.25) is 0 Å². The molecule has 1 N–H and O–H groups in total. The second-order valence-corrected chi connectivity index (χ2v) is 7.29. The fourth-order valence-electron chi connectivity index (χ4n) is 3.09. The van der Waals surface area contributed by atoms with Gasteiger partial charge in [-0.15, -0.1) is 6.42 Å². The zero-order valence-electron chi connectivity index (χ0n) is 15.9. The zero-order chi connectivity index (χ0) is 18.9. The van der Waals surface area contributed by atoms with Gasteiger partial charge in [0.05, 0.1) is 24.8 Å². The van der Waals surface area contributed by atoms with Crippen molar-refractivity contribution in [3.8, 4) is 23.8 Å². The lowest BCUT2D eigenvalue weighted by Crippen LogP contribution is -2.47. The van der Waals surface area contributed by atoms with Crippen LogP contribution < -0.4 is 14.8 Å². The summed E-state index contributed by atoms with van der Waals surface area (Å²) < 4.78 is 16.7. The summed E-state index contributed by atoms with van der Waals surface area (Å²) in [5.74, 6) is 4.17. The minimum atomic E-state index is 0.152. The molecule has 144 valence electrons. The highest BCUT2D eigenvalue weighted by Crippen LogP contribution is 2.36. The molecule has 1 aromatic rings. The average molecular weight is 381 g/mol. The molecule has 1 aromatic carbocycles. The summed E-state index contributed by atoms with van der Waals surface area (Å²) in [6, 6.07) is 3.78. The molecule has 1 fully saturated rings. The number of nitrogens with zero attached hydrogens (tertiary/aromatic N) is 1. The van der Waals surface area contributed by atoms with E-state index < -0.39 is 0 Å². The van der Waals surface area contributed by atoms with Crippen molar-refractivity contribution in [3.05, 3.63) is 22.7 Å². The number of morpholine rings is 1. The minimum absolute atomic E-state index is 0.152. The third kappa shape index (κ3) is 6.37. The third-order valence-electron chi connectivity index (χ3n) is 4.14. The van der Waals surface area contributed by atoms with Gasteiger partial charge in [-0.1, -0.05) is 31.4 Å². The minimum Gasteiger partial charge on any atom is -0.493 e. The molecule has 0 aromatic heterocycles. The molecule has 0 unspecified atom stereocenters. The highest BCUT2D eigenvalue weighted by atomic mass is 35.5.